The van der Waals surface area contributed by atoms with Crippen molar-refractivity contribution in [2.24, 2.45) is 11.8 Å². The van der Waals surface area contributed by atoms with E-state index in [2.05, 4.69) is 15.3 Å². The molecule has 144 valence electrons. The van der Waals surface area contributed by atoms with Gasteiger partial charge in [-0.25, -0.2) is 4.79 Å². The van der Waals surface area contributed by atoms with Crippen molar-refractivity contribution in [3.05, 3.63) is 27.4 Å². The van der Waals surface area contributed by atoms with Gasteiger partial charge < -0.3 is 15.2 Å². The summed E-state index contributed by atoms with van der Waals surface area (Å²) in [7, 11) is 0. The van der Waals surface area contributed by atoms with Crippen LogP contribution in [0.4, 0.5) is 13.2 Å². The maximum Gasteiger partial charge on any atom is 0.393 e. The van der Waals surface area contributed by atoms with Crippen LogP contribution in [0, 0.1) is 25.7 Å². The van der Waals surface area contributed by atoms with Crippen molar-refractivity contribution in [2.75, 3.05) is 19.6 Å². The van der Waals surface area contributed by atoms with Gasteiger partial charge in [0.15, 0.2) is 0 Å². The van der Waals surface area contributed by atoms with Crippen LogP contribution in [-0.4, -0.2) is 52.5 Å². The fourth-order valence-electron chi connectivity index (χ4n) is 3.19. The SMILES string of the molecule is CC(=O)N1CC(CNC(=O)Cc2c(C)nc(=O)[nH]c2C)C(C(F)(F)F)C1. The van der Waals surface area contributed by atoms with Crippen molar-refractivity contribution in [3.63, 3.8) is 0 Å². The highest BCUT2D eigenvalue weighted by Crippen LogP contribution is 2.37. The molecule has 1 fully saturated rings. The van der Waals surface area contributed by atoms with Gasteiger partial charge in [0.1, 0.15) is 0 Å². The zero-order valence-corrected chi connectivity index (χ0v) is 14.7. The van der Waals surface area contributed by atoms with E-state index in [1.807, 2.05) is 0 Å². The van der Waals surface area contributed by atoms with E-state index >= 15 is 0 Å². The Kier molecular flexibility index (Phi) is 5.72. The Morgan fingerprint density at radius 2 is 1.96 bits per heavy atom. The van der Waals surface area contributed by atoms with E-state index < -0.39 is 35.5 Å². The van der Waals surface area contributed by atoms with E-state index in [1.165, 1.54) is 6.92 Å². The summed E-state index contributed by atoms with van der Waals surface area (Å²) in [5.74, 6) is -3.44. The minimum atomic E-state index is -4.43. The standard InChI is InChI=1S/C16H21F3N4O3/c1-8-12(9(2)22-15(26)21-8)4-14(25)20-5-11-6-23(10(3)24)7-13(11)16(17,18)19/h11,13H,4-7H2,1-3H3,(H,20,25)(H,21,22,26). The Morgan fingerprint density at radius 1 is 1.31 bits per heavy atom. The monoisotopic (exact) mass is 374 g/mol. The number of alkyl halides is 3. The molecule has 0 saturated carbocycles. The largest absolute Gasteiger partial charge is 0.393 e. The molecule has 2 unspecified atom stereocenters. The smallest absolute Gasteiger partial charge is 0.355 e. The van der Waals surface area contributed by atoms with Crippen LogP contribution in [0.15, 0.2) is 4.79 Å². The molecule has 0 bridgehead atoms. The fraction of sp³-hybridized carbons (Fsp3) is 0.625. The second-order valence-corrected chi connectivity index (χ2v) is 6.54. The van der Waals surface area contributed by atoms with Crippen molar-refractivity contribution in [2.45, 2.75) is 33.4 Å². The van der Waals surface area contributed by atoms with Crippen molar-refractivity contribution in [1.82, 2.24) is 20.2 Å². The number of aromatic amines is 1. The number of aryl methyl sites for hydroxylation is 2. The average Bonchev–Trinajstić information content (AvgIpc) is 2.93. The quantitative estimate of drug-likeness (QED) is 0.811. The minimum Gasteiger partial charge on any atom is -0.355 e. The van der Waals surface area contributed by atoms with Crippen LogP contribution in [0.5, 0.6) is 0 Å². The second kappa shape index (κ2) is 7.46. The summed E-state index contributed by atoms with van der Waals surface area (Å²) in [5.41, 5.74) is 0.909. The third kappa shape index (κ3) is 4.61. The summed E-state index contributed by atoms with van der Waals surface area (Å²) in [6.45, 7) is 3.83. The highest BCUT2D eigenvalue weighted by atomic mass is 19.4. The number of halogens is 3. The van der Waals surface area contributed by atoms with Gasteiger partial charge in [-0.2, -0.15) is 18.2 Å². The molecule has 1 aliphatic rings. The Balaban J connectivity index is 2.02. The molecule has 2 rings (SSSR count). The van der Waals surface area contributed by atoms with Crippen LogP contribution in [0.1, 0.15) is 23.9 Å². The van der Waals surface area contributed by atoms with Crippen LogP contribution in [0.3, 0.4) is 0 Å². The van der Waals surface area contributed by atoms with Gasteiger partial charge in [0.05, 0.1) is 12.3 Å². The number of nitrogens with zero attached hydrogens (tertiary/aromatic N) is 2. The number of hydrogen-bond donors (Lipinski definition) is 2. The normalized spacial score (nSPS) is 20.3. The van der Waals surface area contributed by atoms with E-state index in [9.17, 15) is 27.6 Å². The van der Waals surface area contributed by atoms with Crippen molar-refractivity contribution >= 4 is 11.8 Å². The Labute approximate surface area is 148 Å². The molecule has 0 radical (unpaired) electrons. The number of nitrogens with one attached hydrogen (secondary N) is 2. The third-order valence-electron chi connectivity index (χ3n) is 4.66. The Hall–Kier alpha value is -2.39. The summed E-state index contributed by atoms with van der Waals surface area (Å²) < 4.78 is 39.5. The highest BCUT2D eigenvalue weighted by Gasteiger charge is 2.50. The average molecular weight is 374 g/mol. The molecule has 0 aromatic carbocycles. The van der Waals surface area contributed by atoms with Gasteiger partial charge in [-0.3, -0.25) is 9.59 Å². The molecule has 1 aromatic rings. The molecule has 2 amide bonds. The summed E-state index contributed by atoms with van der Waals surface area (Å²) in [6.07, 6.45) is -4.53. The molecule has 7 nitrogen and oxygen atoms in total. The van der Waals surface area contributed by atoms with Crippen LogP contribution < -0.4 is 11.0 Å². The number of rotatable bonds is 4. The summed E-state index contributed by atoms with van der Waals surface area (Å²) in [4.78, 5) is 42.1. The predicted octanol–water partition coefficient (Wildman–Crippen LogP) is 0.702. The van der Waals surface area contributed by atoms with E-state index in [1.54, 1.807) is 13.8 Å². The van der Waals surface area contributed by atoms with Crippen LogP contribution in [0.2, 0.25) is 0 Å². The molecule has 1 saturated heterocycles. The number of hydrogen-bond acceptors (Lipinski definition) is 4. The van der Waals surface area contributed by atoms with Crippen molar-refractivity contribution in [1.29, 1.82) is 0 Å². The zero-order chi connectivity index (χ0) is 19.6. The molecular weight excluding hydrogens is 353 g/mol. The van der Waals surface area contributed by atoms with Crippen LogP contribution in [-0.2, 0) is 16.0 Å². The van der Waals surface area contributed by atoms with Gasteiger partial charge in [-0.15, -0.1) is 0 Å². The van der Waals surface area contributed by atoms with Gasteiger partial charge in [0.2, 0.25) is 11.8 Å². The minimum absolute atomic E-state index is 0.0436. The van der Waals surface area contributed by atoms with E-state index in [0.717, 1.165) is 4.90 Å². The third-order valence-corrected chi connectivity index (χ3v) is 4.66. The highest BCUT2D eigenvalue weighted by molar-refractivity contribution is 5.79. The molecular formula is C16H21F3N4O3. The molecule has 2 heterocycles. The summed E-state index contributed by atoms with van der Waals surface area (Å²) >= 11 is 0. The topological polar surface area (TPSA) is 95.2 Å². The van der Waals surface area contributed by atoms with Gasteiger partial charge in [0, 0.05) is 49.4 Å². The van der Waals surface area contributed by atoms with E-state index in [4.69, 9.17) is 0 Å². The predicted molar refractivity (Wildman–Crippen MR) is 86.3 cm³/mol. The number of likely N-dealkylation sites (tertiary alicyclic amines) is 1. The maximum absolute atomic E-state index is 13.2. The fourth-order valence-corrected chi connectivity index (χ4v) is 3.19. The van der Waals surface area contributed by atoms with Crippen LogP contribution >= 0.6 is 0 Å². The molecule has 2 atom stereocenters. The first-order chi connectivity index (χ1) is 12.0. The Bertz CT molecular complexity index is 734. The lowest BCUT2D eigenvalue weighted by Gasteiger charge is -2.21. The van der Waals surface area contributed by atoms with E-state index in [-0.39, 0.29) is 26.1 Å². The number of carbonyl (C=O) groups excluding carboxylic acids is 2. The van der Waals surface area contributed by atoms with E-state index in [0.29, 0.717) is 17.0 Å². The Morgan fingerprint density at radius 3 is 2.50 bits per heavy atom. The molecule has 26 heavy (non-hydrogen) atoms. The summed E-state index contributed by atoms with van der Waals surface area (Å²) in [5, 5.41) is 2.51. The number of carbonyl (C=O) groups is 2. The van der Waals surface area contributed by atoms with Gasteiger partial charge in [-0.1, -0.05) is 0 Å². The zero-order valence-electron chi connectivity index (χ0n) is 14.7. The molecule has 1 aliphatic heterocycles. The van der Waals surface area contributed by atoms with Crippen molar-refractivity contribution in [3.8, 4) is 0 Å². The molecule has 2 N–H and O–H groups in total. The van der Waals surface area contributed by atoms with Gasteiger partial charge in [-0.05, 0) is 13.8 Å². The molecule has 0 spiro atoms. The maximum atomic E-state index is 13.2. The lowest BCUT2D eigenvalue weighted by molar-refractivity contribution is -0.180. The number of H-pyrrole nitrogens is 1. The lowest BCUT2D eigenvalue weighted by Crippen LogP contribution is -2.38. The first kappa shape index (κ1) is 19.9. The second-order valence-electron chi connectivity index (χ2n) is 6.54. The molecule has 0 aliphatic carbocycles. The van der Waals surface area contributed by atoms with Gasteiger partial charge in [0.25, 0.3) is 0 Å². The number of amides is 2. The number of aromatic nitrogens is 2. The first-order valence-corrected chi connectivity index (χ1v) is 8.14. The lowest BCUT2D eigenvalue weighted by atomic mass is 9.95. The van der Waals surface area contributed by atoms with Gasteiger partial charge >= 0.3 is 11.9 Å². The van der Waals surface area contributed by atoms with Crippen molar-refractivity contribution < 1.29 is 22.8 Å². The molecule has 10 heteroatoms. The first-order valence-electron chi connectivity index (χ1n) is 8.14. The van der Waals surface area contributed by atoms with Crippen LogP contribution in [0.25, 0.3) is 0 Å². The summed E-state index contributed by atoms with van der Waals surface area (Å²) in [6, 6.07) is 0. The molecule has 1 aromatic heterocycles.